The standard InChI is InChI=1S/C11H17N3O/c1-11(2,3)14-10-6-12-5-4-8(10)9(7-15)13-14/h7,12H,4-6H2,1-3H3. The molecule has 2 heterocycles. The van der Waals surface area contributed by atoms with Gasteiger partial charge in [0.15, 0.2) is 6.29 Å². The van der Waals surface area contributed by atoms with Crippen LogP contribution in [0, 0.1) is 0 Å². The zero-order valence-electron chi connectivity index (χ0n) is 9.50. The van der Waals surface area contributed by atoms with Crippen molar-refractivity contribution in [2.75, 3.05) is 6.54 Å². The number of carbonyl (C=O) groups excluding carboxylic acids is 1. The number of nitrogens with one attached hydrogen (secondary N) is 1. The molecule has 15 heavy (non-hydrogen) atoms. The van der Waals surface area contributed by atoms with Crippen LogP contribution in [0.5, 0.6) is 0 Å². The molecule has 82 valence electrons. The summed E-state index contributed by atoms with van der Waals surface area (Å²) in [6, 6.07) is 0. The van der Waals surface area contributed by atoms with Crippen LogP contribution >= 0.6 is 0 Å². The van der Waals surface area contributed by atoms with E-state index in [4.69, 9.17) is 0 Å². The zero-order chi connectivity index (χ0) is 11.1. The zero-order valence-corrected chi connectivity index (χ0v) is 9.50. The Balaban J connectivity index is 2.57. The molecule has 1 aliphatic heterocycles. The first kappa shape index (κ1) is 10.4. The first-order chi connectivity index (χ1) is 7.04. The molecule has 4 heteroatoms. The normalized spacial score (nSPS) is 16.2. The van der Waals surface area contributed by atoms with Crippen molar-refractivity contribution in [3.05, 3.63) is 17.0 Å². The van der Waals surface area contributed by atoms with Crippen LogP contribution in [-0.2, 0) is 18.5 Å². The monoisotopic (exact) mass is 207 g/mol. The molecule has 0 fully saturated rings. The summed E-state index contributed by atoms with van der Waals surface area (Å²) in [4.78, 5) is 10.9. The van der Waals surface area contributed by atoms with Crippen molar-refractivity contribution < 1.29 is 4.79 Å². The van der Waals surface area contributed by atoms with Gasteiger partial charge in [0, 0.05) is 12.1 Å². The summed E-state index contributed by atoms with van der Waals surface area (Å²) in [5, 5.41) is 7.70. The summed E-state index contributed by atoms with van der Waals surface area (Å²) in [6.07, 6.45) is 1.77. The Hall–Kier alpha value is -1.16. The first-order valence-electron chi connectivity index (χ1n) is 5.31. The van der Waals surface area contributed by atoms with E-state index in [1.165, 1.54) is 0 Å². The number of aldehydes is 1. The van der Waals surface area contributed by atoms with E-state index in [0.29, 0.717) is 5.69 Å². The van der Waals surface area contributed by atoms with Crippen molar-refractivity contribution in [2.45, 2.75) is 39.3 Å². The second-order valence-corrected chi connectivity index (χ2v) is 4.94. The van der Waals surface area contributed by atoms with Gasteiger partial charge < -0.3 is 5.32 Å². The van der Waals surface area contributed by atoms with Crippen LogP contribution in [0.3, 0.4) is 0 Å². The van der Waals surface area contributed by atoms with Crippen LogP contribution < -0.4 is 5.32 Å². The largest absolute Gasteiger partial charge is 0.311 e. The van der Waals surface area contributed by atoms with E-state index in [1.807, 2.05) is 4.68 Å². The third kappa shape index (κ3) is 1.69. The third-order valence-electron chi connectivity index (χ3n) is 2.71. The van der Waals surface area contributed by atoms with Crippen molar-refractivity contribution >= 4 is 6.29 Å². The average Bonchev–Trinajstić information content (AvgIpc) is 2.55. The van der Waals surface area contributed by atoms with E-state index in [0.717, 1.165) is 37.1 Å². The summed E-state index contributed by atoms with van der Waals surface area (Å²) < 4.78 is 1.97. The Bertz CT molecular complexity index is 387. The smallest absolute Gasteiger partial charge is 0.170 e. The maximum Gasteiger partial charge on any atom is 0.170 e. The number of carbonyl (C=O) groups is 1. The van der Waals surface area contributed by atoms with Crippen LogP contribution in [0.15, 0.2) is 0 Å². The van der Waals surface area contributed by atoms with E-state index in [1.54, 1.807) is 0 Å². The Morgan fingerprint density at radius 1 is 1.47 bits per heavy atom. The van der Waals surface area contributed by atoms with E-state index in [9.17, 15) is 4.79 Å². The SMILES string of the molecule is CC(C)(C)n1nc(C=O)c2c1CNCC2. The van der Waals surface area contributed by atoms with Crippen LogP contribution in [0.2, 0.25) is 0 Å². The van der Waals surface area contributed by atoms with Gasteiger partial charge in [-0.2, -0.15) is 5.10 Å². The Kier molecular flexibility index (Phi) is 2.38. The molecular formula is C11H17N3O. The van der Waals surface area contributed by atoms with Gasteiger partial charge in [0.1, 0.15) is 5.69 Å². The number of aromatic nitrogens is 2. The van der Waals surface area contributed by atoms with Gasteiger partial charge in [-0.3, -0.25) is 9.48 Å². The lowest BCUT2D eigenvalue weighted by Crippen LogP contribution is -2.31. The highest BCUT2D eigenvalue weighted by molar-refractivity contribution is 5.75. The molecule has 0 saturated carbocycles. The summed E-state index contributed by atoms with van der Waals surface area (Å²) in [6.45, 7) is 8.05. The number of hydrogen-bond donors (Lipinski definition) is 1. The minimum atomic E-state index is -0.0651. The molecule has 1 aromatic rings. The van der Waals surface area contributed by atoms with Gasteiger partial charge in [-0.1, -0.05) is 0 Å². The molecule has 0 spiro atoms. The molecule has 0 atom stereocenters. The lowest BCUT2D eigenvalue weighted by Gasteiger charge is -2.24. The summed E-state index contributed by atoms with van der Waals surface area (Å²) >= 11 is 0. The summed E-state index contributed by atoms with van der Waals surface area (Å²) in [5.74, 6) is 0. The fourth-order valence-corrected chi connectivity index (χ4v) is 2.03. The lowest BCUT2D eigenvalue weighted by molar-refractivity contribution is 0.111. The van der Waals surface area contributed by atoms with Gasteiger partial charge in [0.25, 0.3) is 0 Å². The maximum absolute atomic E-state index is 10.9. The van der Waals surface area contributed by atoms with E-state index < -0.39 is 0 Å². The topological polar surface area (TPSA) is 46.9 Å². The minimum absolute atomic E-state index is 0.0651. The maximum atomic E-state index is 10.9. The van der Waals surface area contributed by atoms with Crippen molar-refractivity contribution in [2.24, 2.45) is 0 Å². The van der Waals surface area contributed by atoms with Gasteiger partial charge in [-0.15, -0.1) is 0 Å². The van der Waals surface area contributed by atoms with Crippen LogP contribution in [0.4, 0.5) is 0 Å². The lowest BCUT2D eigenvalue weighted by atomic mass is 10.0. The van der Waals surface area contributed by atoms with Crippen LogP contribution in [-0.4, -0.2) is 22.6 Å². The van der Waals surface area contributed by atoms with Gasteiger partial charge in [-0.25, -0.2) is 0 Å². The fraction of sp³-hybridized carbons (Fsp3) is 0.636. The second kappa shape index (κ2) is 3.45. The van der Waals surface area contributed by atoms with Gasteiger partial charge in [0.05, 0.1) is 11.2 Å². The van der Waals surface area contributed by atoms with Crippen molar-refractivity contribution in [1.82, 2.24) is 15.1 Å². The minimum Gasteiger partial charge on any atom is -0.311 e. The number of nitrogens with zero attached hydrogens (tertiary/aromatic N) is 2. The molecule has 0 unspecified atom stereocenters. The second-order valence-electron chi connectivity index (χ2n) is 4.94. The molecule has 0 saturated heterocycles. The Morgan fingerprint density at radius 3 is 2.80 bits per heavy atom. The van der Waals surface area contributed by atoms with Crippen LogP contribution in [0.1, 0.15) is 42.5 Å². The molecule has 1 aliphatic rings. The predicted molar refractivity (Wildman–Crippen MR) is 58.0 cm³/mol. The number of hydrogen-bond acceptors (Lipinski definition) is 3. The summed E-state index contributed by atoms with van der Waals surface area (Å²) in [5.41, 5.74) is 2.83. The molecule has 2 rings (SSSR count). The predicted octanol–water partition coefficient (Wildman–Crippen LogP) is 1.10. The van der Waals surface area contributed by atoms with E-state index in [-0.39, 0.29) is 5.54 Å². The average molecular weight is 207 g/mol. The van der Waals surface area contributed by atoms with E-state index in [2.05, 4.69) is 31.2 Å². The molecule has 0 aliphatic carbocycles. The van der Waals surface area contributed by atoms with Gasteiger partial charge >= 0.3 is 0 Å². The van der Waals surface area contributed by atoms with Crippen molar-refractivity contribution in [3.63, 3.8) is 0 Å². The number of rotatable bonds is 1. The Labute approximate surface area is 89.7 Å². The van der Waals surface area contributed by atoms with Gasteiger partial charge in [0.2, 0.25) is 0 Å². The highest BCUT2D eigenvalue weighted by Crippen LogP contribution is 2.23. The molecule has 0 bridgehead atoms. The highest BCUT2D eigenvalue weighted by Gasteiger charge is 2.25. The Morgan fingerprint density at radius 2 is 2.20 bits per heavy atom. The molecule has 4 nitrogen and oxygen atoms in total. The van der Waals surface area contributed by atoms with Gasteiger partial charge in [-0.05, 0) is 33.7 Å². The summed E-state index contributed by atoms with van der Waals surface area (Å²) in [7, 11) is 0. The molecule has 0 aromatic carbocycles. The molecule has 0 amide bonds. The van der Waals surface area contributed by atoms with Crippen molar-refractivity contribution in [1.29, 1.82) is 0 Å². The van der Waals surface area contributed by atoms with E-state index >= 15 is 0 Å². The molecule has 1 N–H and O–H groups in total. The fourth-order valence-electron chi connectivity index (χ4n) is 2.03. The molecular weight excluding hydrogens is 190 g/mol. The van der Waals surface area contributed by atoms with Crippen LogP contribution in [0.25, 0.3) is 0 Å². The molecule has 0 radical (unpaired) electrons. The van der Waals surface area contributed by atoms with Crippen molar-refractivity contribution in [3.8, 4) is 0 Å². The highest BCUT2D eigenvalue weighted by atomic mass is 16.1. The molecule has 1 aromatic heterocycles. The quantitative estimate of drug-likeness (QED) is 0.701. The third-order valence-corrected chi connectivity index (χ3v) is 2.71. The number of fused-ring (bicyclic) bond motifs is 1. The first-order valence-corrected chi connectivity index (χ1v) is 5.31.